The number of Topliss-reactive ketones (excluding diaryl/α,β-unsaturated/α-hetero) is 1. The molecular formula is C18H18BrNO3. The number of ketones is 1. The van der Waals surface area contributed by atoms with Crippen molar-refractivity contribution in [1.29, 1.82) is 0 Å². The minimum Gasteiger partial charge on any atom is -0.454 e. The summed E-state index contributed by atoms with van der Waals surface area (Å²) < 4.78 is 5.79. The van der Waals surface area contributed by atoms with Crippen molar-refractivity contribution < 1.29 is 14.3 Å². The molecule has 120 valence electrons. The SMILES string of the molecule is Cc1cc(C(=O)COC(=O)c2cncc(Br)c2)c(C)c(C)c1C. The van der Waals surface area contributed by atoms with Crippen LogP contribution in [0.3, 0.4) is 0 Å². The lowest BCUT2D eigenvalue weighted by molar-refractivity contribution is 0.0474. The van der Waals surface area contributed by atoms with E-state index >= 15 is 0 Å². The maximum atomic E-state index is 12.4. The standard InChI is InChI=1S/C18H18BrNO3/c1-10-5-16(13(4)12(3)11(10)2)17(21)9-23-18(22)14-6-15(19)8-20-7-14/h5-8H,9H2,1-4H3. The van der Waals surface area contributed by atoms with Crippen molar-refractivity contribution in [2.24, 2.45) is 0 Å². The molecule has 5 heteroatoms. The van der Waals surface area contributed by atoms with Crippen molar-refractivity contribution in [3.63, 3.8) is 0 Å². The summed E-state index contributed by atoms with van der Waals surface area (Å²) >= 11 is 3.24. The van der Waals surface area contributed by atoms with E-state index in [9.17, 15) is 9.59 Å². The monoisotopic (exact) mass is 375 g/mol. The molecule has 0 amide bonds. The summed E-state index contributed by atoms with van der Waals surface area (Å²) in [6, 6.07) is 3.46. The summed E-state index contributed by atoms with van der Waals surface area (Å²) in [6.45, 7) is 7.63. The molecule has 1 aromatic carbocycles. The first-order valence-electron chi connectivity index (χ1n) is 7.19. The second-order valence-corrected chi connectivity index (χ2v) is 6.42. The maximum absolute atomic E-state index is 12.4. The highest BCUT2D eigenvalue weighted by atomic mass is 79.9. The van der Waals surface area contributed by atoms with E-state index in [2.05, 4.69) is 20.9 Å². The Morgan fingerprint density at radius 3 is 2.39 bits per heavy atom. The molecule has 0 saturated heterocycles. The van der Waals surface area contributed by atoms with Gasteiger partial charge in [-0.25, -0.2) is 4.79 Å². The summed E-state index contributed by atoms with van der Waals surface area (Å²) in [5.41, 5.74) is 5.16. The van der Waals surface area contributed by atoms with Crippen molar-refractivity contribution in [3.05, 3.63) is 62.4 Å². The number of ether oxygens (including phenoxy) is 1. The lowest BCUT2D eigenvalue weighted by Crippen LogP contribution is -2.16. The topological polar surface area (TPSA) is 56.3 Å². The maximum Gasteiger partial charge on any atom is 0.340 e. The third kappa shape index (κ3) is 3.85. The Bertz CT molecular complexity index is 784. The van der Waals surface area contributed by atoms with E-state index < -0.39 is 5.97 Å². The van der Waals surface area contributed by atoms with Crippen molar-refractivity contribution in [3.8, 4) is 0 Å². The van der Waals surface area contributed by atoms with Crippen LogP contribution in [-0.4, -0.2) is 23.3 Å². The average Bonchev–Trinajstić information content (AvgIpc) is 2.53. The van der Waals surface area contributed by atoms with E-state index in [0.29, 0.717) is 15.6 Å². The van der Waals surface area contributed by atoms with E-state index in [4.69, 9.17) is 4.74 Å². The zero-order valence-electron chi connectivity index (χ0n) is 13.6. The Morgan fingerprint density at radius 2 is 1.74 bits per heavy atom. The highest BCUT2D eigenvalue weighted by Crippen LogP contribution is 2.21. The fraction of sp³-hybridized carbons (Fsp3) is 0.278. The van der Waals surface area contributed by atoms with Gasteiger partial charge >= 0.3 is 5.97 Å². The molecule has 4 nitrogen and oxygen atoms in total. The van der Waals surface area contributed by atoms with E-state index in [-0.39, 0.29) is 12.4 Å². The number of carbonyl (C=O) groups is 2. The molecule has 1 aromatic heterocycles. The van der Waals surface area contributed by atoms with Gasteiger partial charge < -0.3 is 4.74 Å². The molecule has 0 aliphatic carbocycles. The van der Waals surface area contributed by atoms with Gasteiger partial charge in [-0.3, -0.25) is 9.78 Å². The second kappa shape index (κ2) is 7.04. The number of benzene rings is 1. The largest absolute Gasteiger partial charge is 0.454 e. The zero-order valence-corrected chi connectivity index (χ0v) is 15.2. The first-order chi connectivity index (χ1) is 10.8. The average molecular weight is 376 g/mol. The number of aryl methyl sites for hydroxylation is 1. The molecule has 0 N–H and O–H groups in total. The van der Waals surface area contributed by atoms with Gasteiger partial charge in [0, 0.05) is 22.4 Å². The zero-order chi connectivity index (χ0) is 17.1. The Kier molecular flexibility index (Phi) is 5.31. The number of aromatic nitrogens is 1. The highest BCUT2D eigenvalue weighted by Gasteiger charge is 2.16. The van der Waals surface area contributed by atoms with Gasteiger partial charge in [-0.05, 0) is 78.0 Å². The molecule has 2 aromatic rings. The minimum atomic E-state index is -0.564. The normalized spacial score (nSPS) is 10.5. The van der Waals surface area contributed by atoms with Gasteiger partial charge in [0.05, 0.1) is 5.56 Å². The number of carbonyl (C=O) groups excluding carboxylic acids is 2. The highest BCUT2D eigenvalue weighted by molar-refractivity contribution is 9.10. The van der Waals surface area contributed by atoms with Crippen LogP contribution in [0.1, 0.15) is 43.0 Å². The Hall–Kier alpha value is -2.01. The van der Waals surface area contributed by atoms with Crippen LogP contribution >= 0.6 is 15.9 Å². The van der Waals surface area contributed by atoms with Gasteiger partial charge in [-0.15, -0.1) is 0 Å². The van der Waals surface area contributed by atoms with Crippen LogP contribution in [0.2, 0.25) is 0 Å². The summed E-state index contributed by atoms with van der Waals surface area (Å²) in [7, 11) is 0. The number of nitrogens with zero attached hydrogens (tertiary/aromatic N) is 1. The summed E-state index contributed by atoms with van der Waals surface area (Å²) in [5.74, 6) is -0.768. The molecule has 2 rings (SSSR count). The summed E-state index contributed by atoms with van der Waals surface area (Å²) in [5, 5.41) is 0. The van der Waals surface area contributed by atoms with Gasteiger partial charge in [-0.1, -0.05) is 0 Å². The lowest BCUT2D eigenvalue weighted by atomic mass is 9.93. The number of hydrogen-bond acceptors (Lipinski definition) is 4. The van der Waals surface area contributed by atoms with Gasteiger partial charge in [0.1, 0.15) is 0 Å². The number of halogens is 1. The smallest absolute Gasteiger partial charge is 0.340 e. The van der Waals surface area contributed by atoms with E-state index in [1.807, 2.05) is 33.8 Å². The summed E-state index contributed by atoms with van der Waals surface area (Å²) in [6.07, 6.45) is 2.98. The van der Waals surface area contributed by atoms with Gasteiger partial charge in [0.25, 0.3) is 0 Å². The van der Waals surface area contributed by atoms with E-state index in [1.54, 1.807) is 12.3 Å². The number of rotatable bonds is 4. The molecule has 23 heavy (non-hydrogen) atoms. The quantitative estimate of drug-likeness (QED) is 0.595. The molecular weight excluding hydrogens is 358 g/mol. The fourth-order valence-electron chi connectivity index (χ4n) is 2.32. The molecule has 0 atom stereocenters. The van der Waals surface area contributed by atoms with Crippen molar-refractivity contribution >= 4 is 27.7 Å². The van der Waals surface area contributed by atoms with Crippen LogP contribution in [0.15, 0.2) is 29.0 Å². The molecule has 0 fully saturated rings. The van der Waals surface area contributed by atoms with Crippen LogP contribution in [0, 0.1) is 27.7 Å². The van der Waals surface area contributed by atoms with Crippen LogP contribution < -0.4 is 0 Å². The third-order valence-electron chi connectivity index (χ3n) is 4.06. The molecule has 1 heterocycles. The predicted octanol–water partition coefficient (Wildman–Crippen LogP) is 4.12. The molecule has 0 radical (unpaired) electrons. The van der Waals surface area contributed by atoms with E-state index in [1.165, 1.54) is 11.8 Å². The third-order valence-corrected chi connectivity index (χ3v) is 4.49. The van der Waals surface area contributed by atoms with E-state index in [0.717, 1.165) is 16.7 Å². The van der Waals surface area contributed by atoms with Crippen LogP contribution in [0.4, 0.5) is 0 Å². The number of hydrogen-bond donors (Lipinski definition) is 0. The van der Waals surface area contributed by atoms with Crippen molar-refractivity contribution in [2.45, 2.75) is 27.7 Å². The molecule has 0 aliphatic rings. The minimum absolute atomic E-state index is 0.204. The van der Waals surface area contributed by atoms with Gasteiger partial charge in [0.2, 0.25) is 5.78 Å². The Balaban J connectivity index is 2.13. The molecule has 0 spiro atoms. The predicted molar refractivity (Wildman–Crippen MR) is 91.9 cm³/mol. The van der Waals surface area contributed by atoms with Gasteiger partial charge in [-0.2, -0.15) is 0 Å². The summed E-state index contributed by atoms with van der Waals surface area (Å²) in [4.78, 5) is 28.3. The molecule has 0 saturated carbocycles. The van der Waals surface area contributed by atoms with Gasteiger partial charge in [0.15, 0.2) is 6.61 Å². The first-order valence-corrected chi connectivity index (χ1v) is 7.99. The number of esters is 1. The number of pyridine rings is 1. The molecule has 0 unspecified atom stereocenters. The first kappa shape index (κ1) is 17.3. The van der Waals surface area contributed by atoms with Crippen LogP contribution in [0.25, 0.3) is 0 Å². The Morgan fingerprint density at radius 1 is 1.04 bits per heavy atom. The molecule has 0 aliphatic heterocycles. The van der Waals surface area contributed by atoms with Crippen molar-refractivity contribution in [1.82, 2.24) is 4.98 Å². The molecule has 0 bridgehead atoms. The lowest BCUT2D eigenvalue weighted by Gasteiger charge is -2.13. The second-order valence-electron chi connectivity index (χ2n) is 5.51. The van der Waals surface area contributed by atoms with Crippen molar-refractivity contribution in [2.75, 3.05) is 6.61 Å². The van der Waals surface area contributed by atoms with Crippen LogP contribution in [-0.2, 0) is 4.74 Å². The fourth-order valence-corrected chi connectivity index (χ4v) is 2.68. The van der Waals surface area contributed by atoms with Crippen LogP contribution in [0.5, 0.6) is 0 Å². The Labute approximate surface area is 144 Å².